The summed E-state index contributed by atoms with van der Waals surface area (Å²) in [5, 5.41) is 0. The van der Waals surface area contributed by atoms with Gasteiger partial charge in [0.15, 0.2) is 11.5 Å². The van der Waals surface area contributed by atoms with Crippen molar-refractivity contribution >= 4 is 5.91 Å². The fourth-order valence-electron chi connectivity index (χ4n) is 3.54. The monoisotopic (exact) mass is 373 g/mol. The summed E-state index contributed by atoms with van der Waals surface area (Å²) in [6, 6.07) is 3.68. The Morgan fingerprint density at radius 2 is 1.59 bits per heavy atom. The van der Waals surface area contributed by atoms with Crippen LogP contribution in [-0.4, -0.2) is 43.2 Å². The third-order valence-electron chi connectivity index (χ3n) is 4.69. The first-order chi connectivity index (χ1) is 13.2. The maximum atomic E-state index is 13.3. The maximum Gasteiger partial charge on any atom is 0.255 e. The van der Waals surface area contributed by atoms with Crippen LogP contribution in [0.15, 0.2) is 12.1 Å². The molecule has 0 aromatic heterocycles. The summed E-state index contributed by atoms with van der Waals surface area (Å²) < 4.78 is 17.2. The van der Waals surface area contributed by atoms with Gasteiger partial charge in [0.2, 0.25) is 5.75 Å². The summed E-state index contributed by atoms with van der Waals surface area (Å²) in [7, 11) is 0. The Labute approximate surface area is 163 Å². The van der Waals surface area contributed by atoms with Crippen LogP contribution in [0.5, 0.6) is 17.2 Å². The molecule has 0 bridgehead atoms. The van der Waals surface area contributed by atoms with E-state index in [1.165, 1.54) is 6.42 Å². The Morgan fingerprint density at radius 1 is 1.04 bits per heavy atom. The summed E-state index contributed by atoms with van der Waals surface area (Å²) in [6.45, 7) is 7.44. The van der Waals surface area contributed by atoms with E-state index < -0.39 is 0 Å². The minimum absolute atomic E-state index is 0.0789. The molecule has 1 aromatic rings. The van der Waals surface area contributed by atoms with Gasteiger partial charge in [-0.25, -0.2) is 0 Å². The van der Waals surface area contributed by atoms with Crippen LogP contribution in [-0.2, 0) is 0 Å². The number of carbonyl (C=O) groups is 1. The number of carbonyl (C=O) groups excluding carboxylic acids is 1. The highest BCUT2D eigenvalue weighted by atomic mass is 16.5. The molecule has 0 atom stereocenters. The molecule has 0 unspecified atom stereocenters. The standard InChI is InChI=1S/C22H31NO4/c1-5-14-23(18-12-10-9-11-13-18)22(24)17-15-19(25-6-2)21(27-8-4)20(16-17)26-7-3/h1,15-16,18H,6-14H2,2-4H3. The normalized spacial score (nSPS) is 14.3. The fourth-order valence-corrected chi connectivity index (χ4v) is 3.54. The molecule has 0 saturated heterocycles. The lowest BCUT2D eigenvalue weighted by molar-refractivity contribution is 0.0666. The van der Waals surface area contributed by atoms with E-state index in [0.29, 0.717) is 49.2 Å². The van der Waals surface area contributed by atoms with Crippen molar-refractivity contribution in [1.29, 1.82) is 0 Å². The second-order valence-corrected chi connectivity index (χ2v) is 6.53. The van der Waals surface area contributed by atoms with Gasteiger partial charge in [0.05, 0.1) is 26.4 Å². The number of hydrogen-bond acceptors (Lipinski definition) is 4. The number of benzene rings is 1. The van der Waals surface area contributed by atoms with E-state index in [-0.39, 0.29) is 11.9 Å². The van der Waals surface area contributed by atoms with Gasteiger partial charge >= 0.3 is 0 Å². The van der Waals surface area contributed by atoms with E-state index in [9.17, 15) is 4.79 Å². The molecule has 0 heterocycles. The zero-order valence-corrected chi connectivity index (χ0v) is 16.8. The summed E-state index contributed by atoms with van der Waals surface area (Å²) in [6.07, 6.45) is 11.1. The SMILES string of the molecule is C#CCN(C(=O)c1cc(OCC)c(OCC)c(OCC)c1)C1CCCCC1. The molecule has 1 fully saturated rings. The second-order valence-electron chi connectivity index (χ2n) is 6.53. The van der Waals surface area contributed by atoms with E-state index in [1.807, 2.05) is 25.7 Å². The summed E-state index contributed by atoms with van der Waals surface area (Å²) in [5.74, 6) is 4.16. The number of terminal acetylenes is 1. The molecular weight excluding hydrogens is 342 g/mol. The molecule has 5 heteroatoms. The van der Waals surface area contributed by atoms with E-state index in [1.54, 1.807) is 12.1 Å². The van der Waals surface area contributed by atoms with Crippen molar-refractivity contribution in [2.24, 2.45) is 0 Å². The first-order valence-corrected chi connectivity index (χ1v) is 9.97. The molecule has 1 aliphatic rings. The number of hydrogen-bond donors (Lipinski definition) is 0. The molecule has 0 N–H and O–H groups in total. The topological polar surface area (TPSA) is 48.0 Å². The Balaban J connectivity index is 2.41. The van der Waals surface area contributed by atoms with Crippen molar-refractivity contribution in [1.82, 2.24) is 4.90 Å². The summed E-state index contributed by atoms with van der Waals surface area (Å²) >= 11 is 0. The van der Waals surface area contributed by atoms with Crippen LogP contribution >= 0.6 is 0 Å². The molecule has 1 amide bonds. The van der Waals surface area contributed by atoms with E-state index in [2.05, 4.69) is 5.92 Å². The average molecular weight is 373 g/mol. The highest BCUT2D eigenvalue weighted by Gasteiger charge is 2.27. The van der Waals surface area contributed by atoms with Crippen molar-refractivity contribution < 1.29 is 19.0 Å². The molecule has 5 nitrogen and oxygen atoms in total. The Bertz CT molecular complexity index is 632. The molecule has 1 aliphatic carbocycles. The van der Waals surface area contributed by atoms with Crippen LogP contribution in [0.4, 0.5) is 0 Å². The van der Waals surface area contributed by atoms with Gasteiger partial charge in [-0.1, -0.05) is 25.2 Å². The van der Waals surface area contributed by atoms with Gasteiger partial charge in [0, 0.05) is 11.6 Å². The van der Waals surface area contributed by atoms with E-state index >= 15 is 0 Å². The molecule has 148 valence electrons. The minimum Gasteiger partial charge on any atom is -0.490 e. The Morgan fingerprint density at radius 3 is 2.07 bits per heavy atom. The van der Waals surface area contributed by atoms with Crippen molar-refractivity contribution in [3.8, 4) is 29.6 Å². The average Bonchev–Trinajstić information content (AvgIpc) is 2.69. The van der Waals surface area contributed by atoms with Gasteiger partial charge in [0.25, 0.3) is 5.91 Å². The zero-order chi connectivity index (χ0) is 19.6. The lowest BCUT2D eigenvalue weighted by Crippen LogP contribution is -2.41. The predicted molar refractivity (Wildman–Crippen MR) is 107 cm³/mol. The van der Waals surface area contributed by atoms with E-state index in [0.717, 1.165) is 25.7 Å². The summed E-state index contributed by atoms with van der Waals surface area (Å²) in [4.78, 5) is 15.1. The van der Waals surface area contributed by atoms with Gasteiger partial charge < -0.3 is 19.1 Å². The van der Waals surface area contributed by atoms with Crippen LogP contribution in [0, 0.1) is 12.3 Å². The number of nitrogens with zero attached hydrogens (tertiary/aromatic N) is 1. The second kappa shape index (κ2) is 10.7. The predicted octanol–water partition coefficient (Wildman–Crippen LogP) is 4.29. The van der Waals surface area contributed by atoms with Gasteiger partial charge in [-0.3, -0.25) is 4.79 Å². The quantitative estimate of drug-likeness (QED) is 0.606. The van der Waals surface area contributed by atoms with Crippen LogP contribution in [0.2, 0.25) is 0 Å². The molecular formula is C22H31NO4. The minimum atomic E-state index is -0.0789. The van der Waals surface area contributed by atoms with Crippen LogP contribution in [0.3, 0.4) is 0 Å². The summed E-state index contributed by atoms with van der Waals surface area (Å²) in [5.41, 5.74) is 0.520. The molecule has 0 radical (unpaired) electrons. The smallest absolute Gasteiger partial charge is 0.255 e. The molecule has 0 spiro atoms. The molecule has 1 saturated carbocycles. The number of ether oxygens (including phenoxy) is 3. The van der Waals surface area contributed by atoms with Crippen molar-refractivity contribution in [3.05, 3.63) is 17.7 Å². The molecule has 27 heavy (non-hydrogen) atoms. The Kier molecular flexibility index (Phi) is 8.32. The lowest BCUT2D eigenvalue weighted by atomic mass is 9.93. The maximum absolute atomic E-state index is 13.3. The Hall–Kier alpha value is -2.35. The van der Waals surface area contributed by atoms with Gasteiger partial charge in [0.1, 0.15) is 0 Å². The molecule has 0 aliphatic heterocycles. The number of amides is 1. The largest absolute Gasteiger partial charge is 0.490 e. The van der Waals surface area contributed by atoms with Gasteiger partial charge in [-0.05, 0) is 45.7 Å². The first kappa shape index (κ1) is 21.0. The van der Waals surface area contributed by atoms with Crippen LogP contribution in [0.25, 0.3) is 0 Å². The molecule has 2 rings (SSSR count). The van der Waals surface area contributed by atoms with Crippen molar-refractivity contribution in [2.45, 2.75) is 58.9 Å². The van der Waals surface area contributed by atoms with Crippen molar-refractivity contribution in [3.63, 3.8) is 0 Å². The number of rotatable bonds is 9. The van der Waals surface area contributed by atoms with Gasteiger partial charge in [-0.15, -0.1) is 6.42 Å². The van der Waals surface area contributed by atoms with Crippen LogP contribution in [0.1, 0.15) is 63.2 Å². The van der Waals surface area contributed by atoms with Crippen molar-refractivity contribution in [2.75, 3.05) is 26.4 Å². The first-order valence-electron chi connectivity index (χ1n) is 9.97. The fraction of sp³-hybridized carbons (Fsp3) is 0.591. The highest BCUT2D eigenvalue weighted by molar-refractivity contribution is 5.96. The zero-order valence-electron chi connectivity index (χ0n) is 16.8. The highest BCUT2D eigenvalue weighted by Crippen LogP contribution is 2.39. The molecule has 1 aromatic carbocycles. The third-order valence-corrected chi connectivity index (χ3v) is 4.69. The van der Waals surface area contributed by atoms with Gasteiger partial charge in [-0.2, -0.15) is 0 Å². The lowest BCUT2D eigenvalue weighted by Gasteiger charge is -2.33. The van der Waals surface area contributed by atoms with Crippen LogP contribution < -0.4 is 14.2 Å². The van der Waals surface area contributed by atoms with E-state index in [4.69, 9.17) is 20.6 Å². The third kappa shape index (κ3) is 5.32.